The molecule has 1 saturated heterocycles. The summed E-state index contributed by atoms with van der Waals surface area (Å²) in [6.07, 6.45) is 4.41. The summed E-state index contributed by atoms with van der Waals surface area (Å²) in [5.74, 6) is -0.0804. The third-order valence-corrected chi connectivity index (χ3v) is 5.33. The van der Waals surface area contributed by atoms with Gasteiger partial charge in [0.1, 0.15) is 6.17 Å². The molecule has 0 radical (unpaired) electrons. The maximum atomic E-state index is 12.9. The molecule has 0 aromatic heterocycles. The van der Waals surface area contributed by atoms with E-state index in [1.54, 1.807) is 12.1 Å². The van der Waals surface area contributed by atoms with Crippen LogP contribution < -0.4 is 10.2 Å². The molecule has 0 spiro atoms. The third-order valence-electron chi connectivity index (χ3n) is 5.33. The molecule has 2 aromatic carbocycles. The molecule has 2 aliphatic heterocycles. The van der Waals surface area contributed by atoms with Crippen molar-refractivity contribution in [3.63, 3.8) is 0 Å². The molecule has 4 rings (SSSR count). The van der Waals surface area contributed by atoms with Crippen LogP contribution >= 0.6 is 0 Å². The number of fused-ring (bicyclic) bond motifs is 2. The van der Waals surface area contributed by atoms with Gasteiger partial charge in [0.15, 0.2) is 0 Å². The molecule has 2 heterocycles. The van der Waals surface area contributed by atoms with Gasteiger partial charge in [-0.1, -0.05) is 24.6 Å². The zero-order chi connectivity index (χ0) is 18.1. The van der Waals surface area contributed by atoms with E-state index in [0.29, 0.717) is 11.1 Å². The van der Waals surface area contributed by atoms with Crippen molar-refractivity contribution in [2.45, 2.75) is 31.8 Å². The molecule has 0 unspecified atom stereocenters. The first-order chi connectivity index (χ1) is 12.6. The number of nitrogens with one attached hydrogen (secondary N) is 1. The minimum absolute atomic E-state index is 0.0833. The molecule has 2 amide bonds. The quantitative estimate of drug-likeness (QED) is 0.899. The number of rotatable bonds is 2. The number of hydrogen-bond acceptors (Lipinski definition) is 3. The number of para-hydroxylation sites is 1. The predicted molar refractivity (Wildman–Crippen MR) is 103 cm³/mol. The molecule has 5 heteroatoms. The molecule has 0 bridgehead atoms. The topological polar surface area (TPSA) is 52.7 Å². The van der Waals surface area contributed by atoms with Crippen LogP contribution in [0.5, 0.6) is 0 Å². The lowest BCUT2D eigenvalue weighted by molar-refractivity contribution is 0.0661. The van der Waals surface area contributed by atoms with Crippen LogP contribution in [0.3, 0.4) is 0 Å². The lowest BCUT2D eigenvalue weighted by Crippen LogP contribution is -2.53. The van der Waals surface area contributed by atoms with Gasteiger partial charge in [0.2, 0.25) is 0 Å². The molecule has 2 aliphatic rings. The van der Waals surface area contributed by atoms with Crippen LogP contribution in [0.15, 0.2) is 48.5 Å². The van der Waals surface area contributed by atoms with Gasteiger partial charge in [-0.3, -0.25) is 9.59 Å². The van der Waals surface area contributed by atoms with Gasteiger partial charge in [-0.15, -0.1) is 0 Å². The van der Waals surface area contributed by atoms with Gasteiger partial charge in [-0.2, -0.15) is 0 Å². The van der Waals surface area contributed by atoms with Gasteiger partial charge in [0.05, 0.1) is 11.3 Å². The number of hydrogen-bond donors (Lipinski definition) is 1. The van der Waals surface area contributed by atoms with E-state index in [4.69, 9.17) is 0 Å². The monoisotopic (exact) mass is 349 g/mol. The average Bonchev–Trinajstić information content (AvgIpc) is 2.93. The number of amides is 2. The largest absolute Gasteiger partial charge is 0.354 e. The summed E-state index contributed by atoms with van der Waals surface area (Å²) in [4.78, 5) is 29.7. The molecular formula is C21H23N3O2. The van der Waals surface area contributed by atoms with Gasteiger partial charge in [0, 0.05) is 24.8 Å². The van der Waals surface area contributed by atoms with Crippen molar-refractivity contribution in [2.75, 3.05) is 23.8 Å². The second-order valence-corrected chi connectivity index (χ2v) is 6.99. The van der Waals surface area contributed by atoms with E-state index in [9.17, 15) is 9.59 Å². The van der Waals surface area contributed by atoms with Crippen LogP contribution in [0.2, 0.25) is 0 Å². The van der Waals surface area contributed by atoms with Crippen molar-refractivity contribution in [2.24, 2.45) is 0 Å². The van der Waals surface area contributed by atoms with E-state index < -0.39 is 0 Å². The van der Waals surface area contributed by atoms with Gasteiger partial charge >= 0.3 is 0 Å². The molecule has 1 fully saturated rings. The SMILES string of the molecule is CN1c2cc(C(=O)Nc3ccccc3)ccc2C(=O)N2CCCCC[C@@H]21. The Bertz CT molecular complexity index is 834. The zero-order valence-electron chi connectivity index (χ0n) is 14.9. The molecule has 1 N–H and O–H groups in total. The Morgan fingerprint density at radius 2 is 1.88 bits per heavy atom. The van der Waals surface area contributed by atoms with E-state index in [1.165, 1.54) is 0 Å². The Labute approximate surface area is 153 Å². The highest BCUT2D eigenvalue weighted by Crippen LogP contribution is 2.34. The van der Waals surface area contributed by atoms with E-state index in [-0.39, 0.29) is 18.0 Å². The minimum atomic E-state index is -0.164. The summed E-state index contributed by atoms with van der Waals surface area (Å²) < 4.78 is 0. The number of carbonyl (C=O) groups excluding carboxylic acids is 2. The normalized spacial score (nSPS) is 19.4. The first kappa shape index (κ1) is 16.6. The maximum Gasteiger partial charge on any atom is 0.257 e. The lowest BCUT2D eigenvalue weighted by atomic mass is 10.0. The van der Waals surface area contributed by atoms with Crippen molar-refractivity contribution in [1.29, 1.82) is 0 Å². The van der Waals surface area contributed by atoms with Crippen molar-refractivity contribution in [3.05, 3.63) is 59.7 Å². The van der Waals surface area contributed by atoms with Gasteiger partial charge < -0.3 is 15.1 Å². The summed E-state index contributed by atoms with van der Waals surface area (Å²) in [6.45, 7) is 0.809. The Balaban J connectivity index is 1.64. The molecule has 2 aromatic rings. The van der Waals surface area contributed by atoms with Crippen LogP contribution in [0, 0.1) is 0 Å². The fraction of sp³-hybridized carbons (Fsp3) is 0.333. The fourth-order valence-corrected chi connectivity index (χ4v) is 3.92. The summed E-state index contributed by atoms with van der Waals surface area (Å²) in [5.41, 5.74) is 2.85. The predicted octanol–water partition coefficient (Wildman–Crippen LogP) is 3.73. The summed E-state index contributed by atoms with van der Waals surface area (Å²) in [7, 11) is 2.02. The maximum absolute atomic E-state index is 12.9. The number of nitrogens with zero attached hydrogens (tertiary/aromatic N) is 2. The van der Waals surface area contributed by atoms with Crippen LogP contribution in [-0.2, 0) is 0 Å². The molecule has 0 saturated carbocycles. The summed E-state index contributed by atoms with van der Waals surface area (Å²) in [6, 6.07) is 14.8. The number of anilines is 2. The third kappa shape index (κ3) is 2.94. The molecule has 5 nitrogen and oxygen atoms in total. The summed E-state index contributed by atoms with van der Waals surface area (Å²) in [5, 5.41) is 2.90. The number of benzene rings is 2. The second kappa shape index (κ2) is 6.83. The molecule has 26 heavy (non-hydrogen) atoms. The first-order valence-electron chi connectivity index (χ1n) is 9.19. The summed E-state index contributed by atoms with van der Waals surface area (Å²) >= 11 is 0. The van der Waals surface area contributed by atoms with Crippen LogP contribution in [0.25, 0.3) is 0 Å². The average molecular weight is 349 g/mol. The van der Waals surface area contributed by atoms with E-state index >= 15 is 0 Å². The molecular weight excluding hydrogens is 326 g/mol. The Morgan fingerprint density at radius 3 is 2.69 bits per heavy atom. The van der Waals surface area contributed by atoms with Crippen LogP contribution in [-0.4, -0.2) is 36.5 Å². The Hall–Kier alpha value is -2.82. The minimum Gasteiger partial charge on any atom is -0.354 e. The molecule has 1 atom stereocenters. The highest BCUT2D eigenvalue weighted by Gasteiger charge is 2.36. The highest BCUT2D eigenvalue weighted by molar-refractivity contribution is 6.08. The molecule has 0 aliphatic carbocycles. The van der Waals surface area contributed by atoms with E-state index in [2.05, 4.69) is 10.2 Å². The smallest absolute Gasteiger partial charge is 0.257 e. The Kier molecular flexibility index (Phi) is 4.37. The second-order valence-electron chi connectivity index (χ2n) is 6.99. The first-order valence-corrected chi connectivity index (χ1v) is 9.19. The van der Waals surface area contributed by atoms with Crippen LogP contribution in [0.1, 0.15) is 46.4 Å². The van der Waals surface area contributed by atoms with Gasteiger partial charge in [-0.25, -0.2) is 0 Å². The lowest BCUT2D eigenvalue weighted by Gasteiger charge is -2.43. The van der Waals surface area contributed by atoms with Gasteiger partial charge in [0.25, 0.3) is 11.8 Å². The van der Waals surface area contributed by atoms with Crippen LogP contribution in [0.4, 0.5) is 11.4 Å². The standard InChI is InChI=1S/C21H23N3O2/c1-23-18-14-15(20(25)22-16-8-4-2-5-9-16)11-12-17(18)21(26)24-13-7-3-6-10-19(23)24/h2,4-5,8-9,11-12,14,19H,3,6-7,10,13H2,1H3,(H,22,25)/t19-/m1/s1. The number of carbonyl (C=O) groups is 2. The van der Waals surface area contributed by atoms with Gasteiger partial charge in [-0.05, 0) is 49.6 Å². The van der Waals surface area contributed by atoms with Crippen molar-refractivity contribution in [1.82, 2.24) is 4.90 Å². The van der Waals surface area contributed by atoms with Crippen molar-refractivity contribution >= 4 is 23.2 Å². The Morgan fingerprint density at radius 1 is 1.08 bits per heavy atom. The van der Waals surface area contributed by atoms with Crippen molar-refractivity contribution < 1.29 is 9.59 Å². The zero-order valence-corrected chi connectivity index (χ0v) is 14.9. The van der Waals surface area contributed by atoms with Crippen molar-refractivity contribution in [3.8, 4) is 0 Å². The molecule has 134 valence electrons. The van der Waals surface area contributed by atoms with E-state index in [1.807, 2.05) is 48.3 Å². The van der Waals surface area contributed by atoms with E-state index in [0.717, 1.165) is 43.6 Å². The fourth-order valence-electron chi connectivity index (χ4n) is 3.92. The highest BCUT2D eigenvalue weighted by atomic mass is 16.2.